The van der Waals surface area contributed by atoms with Crippen molar-refractivity contribution in [1.82, 2.24) is 5.32 Å². The lowest BCUT2D eigenvalue weighted by molar-refractivity contribution is -0.125. The van der Waals surface area contributed by atoms with E-state index in [1.807, 2.05) is 48.7 Å². The molecule has 0 unspecified atom stereocenters. The van der Waals surface area contributed by atoms with Crippen LogP contribution in [0.3, 0.4) is 0 Å². The van der Waals surface area contributed by atoms with Crippen LogP contribution in [0.1, 0.15) is 17.4 Å². The van der Waals surface area contributed by atoms with Gasteiger partial charge >= 0.3 is 0 Å². The normalized spacial score (nSPS) is 10.6. The van der Waals surface area contributed by atoms with E-state index >= 15 is 0 Å². The van der Waals surface area contributed by atoms with Crippen molar-refractivity contribution in [3.8, 4) is 5.75 Å². The maximum atomic E-state index is 11.5. The molecule has 0 saturated carbocycles. The Hall–Kier alpha value is -2.34. The summed E-state index contributed by atoms with van der Waals surface area (Å²) in [6.07, 6.45) is 1.56. The van der Waals surface area contributed by atoms with Crippen molar-refractivity contribution in [2.24, 2.45) is 5.16 Å². The molecule has 0 atom stereocenters. The van der Waals surface area contributed by atoms with Crippen LogP contribution >= 0.6 is 11.3 Å². The standard InChI is InChI=1S/C16H18N2O3S/c1-2-20-14-7-5-13(6-8-14)10-18-21-12-16(19)17-11-15-4-3-9-22-15/h3-10H,2,11-12H2,1H3,(H,17,19). The van der Waals surface area contributed by atoms with Crippen molar-refractivity contribution in [2.45, 2.75) is 13.5 Å². The molecule has 0 saturated heterocycles. The van der Waals surface area contributed by atoms with Crippen molar-refractivity contribution in [3.63, 3.8) is 0 Å². The first-order valence-corrected chi connectivity index (χ1v) is 7.83. The molecule has 0 spiro atoms. The molecule has 6 heteroatoms. The highest BCUT2D eigenvalue weighted by Crippen LogP contribution is 2.10. The Bertz CT molecular complexity index is 594. The van der Waals surface area contributed by atoms with Gasteiger partial charge in [-0.3, -0.25) is 4.79 Å². The van der Waals surface area contributed by atoms with E-state index in [2.05, 4.69) is 10.5 Å². The van der Waals surface area contributed by atoms with Gasteiger partial charge in [0.1, 0.15) is 5.75 Å². The van der Waals surface area contributed by atoms with Crippen molar-refractivity contribution in [3.05, 3.63) is 52.2 Å². The molecule has 2 aromatic rings. The van der Waals surface area contributed by atoms with Crippen LogP contribution in [0, 0.1) is 0 Å². The summed E-state index contributed by atoms with van der Waals surface area (Å²) in [6.45, 7) is 2.99. The Kier molecular flexibility index (Phi) is 6.44. The summed E-state index contributed by atoms with van der Waals surface area (Å²) in [6, 6.07) is 11.4. The lowest BCUT2D eigenvalue weighted by Gasteiger charge is -2.03. The van der Waals surface area contributed by atoms with Crippen LogP contribution < -0.4 is 10.1 Å². The zero-order chi connectivity index (χ0) is 15.6. The maximum absolute atomic E-state index is 11.5. The van der Waals surface area contributed by atoms with Crippen LogP contribution in [0.15, 0.2) is 46.9 Å². The fourth-order valence-corrected chi connectivity index (χ4v) is 2.31. The summed E-state index contributed by atoms with van der Waals surface area (Å²) in [5.74, 6) is 0.616. The highest BCUT2D eigenvalue weighted by Gasteiger charge is 2.01. The molecule has 0 aliphatic rings. The van der Waals surface area contributed by atoms with E-state index in [9.17, 15) is 4.79 Å². The van der Waals surface area contributed by atoms with Crippen molar-refractivity contribution in [1.29, 1.82) is 0 Å². The topological polar surface area (TPSA) is 59.9 Å². The van der Waals surface area contributed by atoms with Crippen LogP contribution in [-0.2, 0) is 16.2 Å². The average molecular weight is 318 g/mol. The number of rotatable bonds is 8. The lowest BCUT2D eigenvalue weighted by Crippen LogP contribution is -2.26. The van der Waals surface area contributed by atoms with E-state index in [0.29, 0.717) is 13.2 Å². The van der Waals surface area contributed by atoms with E-state index in [0.717, 1.165) is 16.2 Å². The van der Waals surface area contributed by atoms with Gasteiger partial charge in [0.05, 0.1) is 19.4 Å². The van der Waals surface area contributed by atoms with Gasteiger partial charge in [0, 0.05) is 4.88 Å². The third kappa shape index (κ3) is 5.57. The van der Waals surface area contributed by atoms with Crippen LogP contribution in [0.4, 0.5) is 0 Å². The first-order valence-electron chi connectivity index (χ1n) is 6.95. The number of thiophene rings is 1. The predicted octanol–water partition coefficient (Wildman–Crippen LogP) is 2.81. The third-order valence-electron chi connectivity index (χ3n) is 2.70. The molecule has 1 heterocycles. The van der Waals surface area contributed by atoms with Gasteiger partial charge in [0.15, 0.2) is 6.61 Å². The number of benzene rings is 1. The first kappa shape index (κ1) is 16.0. The summed E-state index contributed by atoms with van der Waals surface area (Å²) in [7, 11) is 0. The molecule has 0 aliphatic heterocycles. The Labute approximate surface area is 133 Å². The highest BCUT2D eigenvalue weighted by atomic mass is 32.1. The molecule has 5 nitrogen and oxygen atoms in total. The van der Waals surface area contributed by atoms with E-state index < -0.39 is 0 Å². The van der Waals surface area contributed by atoms with Crippen LogP contribution in [0.5, 0.6) is 5.75 Å². The molecule has 0 bridgehead atoms. The molecule has 1 amide bonds. The second-order valence-corrected chi connectivity index (χ2v) is 5.40. The van der Waals surface area contributed by atoms with Gasteiger partial charge in [-0.1, -0.05) is 11.2 Å². The Morgan fingerprint density at radius 2 is 2.14 bits per heavy atom. The van der Waals surface area contributed by atoms with E-state index in [-0.39, 0.29) is 12.5 Å². The summed E-state index contributed by atoms with van der Waals surface area (Å²) < 4.78 is 5.35. The van der Waals surface area contributed by atoms with E-state index in [1.54, 1.807) is 17.6 Å². The highest BCUT2D eigenvalue weighted by molar-refractivity contribution is 7.09. The molecule has 0 radical (unpaired) electrons. The fraction of sp³-hybridized carbons (Fsp3) is 0.250. The van der Waals surface area contributed by atoms with Gasteiger partial charge in [0.25, 0.3) is 5.91 Å². The smallest absolute Gasteiger partial charge is 0.261 e. The number of amides is 1. The van der Waals surface area contributed by atoms with Crippen LogP contribution in [0.25, 0.3) is 0 Å². The zero-order valence-electron chi connectivity index (χ0n) is 12.3. The van der Waals surface area contributed by atoms with Crippen LogP contribution in [0.2, 0.25) is 0 Å². The molecule has 0 aliphatic carbocycles. The van der Waals surface area contributed by atoms with Crippen molar-refractivity contribution in [2.75, 3.05) is 13.2 Å². The molecular formula is C16H18N2O3S. The minimum Gasteiger partial charge on any atom is -0.494 e. The quantitative estimate of drug-likeness (QED) is 0.601. The fourth-order valence-electron chi connectivity index (χ4n) is 1.66. The largest absolute Gasteiger partial charge is 0.494 e. The SMILES string of the molecule is CCOc1ccc(C=NOCC(=O)NCc2cccs2)cc1. The minimum atomic E-state index is -0.197. The Morgan fingerprint density at radius 3 is 2.82 bits per heavy atom. The molecule has 1 aromatic heterocycles. The molecule has 0 fully saturated rings. The molecule has 22 heavy (non-hydrogen) atoms. The number of carbonyl (C=O) groups is 1. The maximum Gasteiger partial charge on any atom is 0.261 e. The number of ether oxygens (including phenoxy) is 1. The second kappa shape index (κ2) is 8.84. The van der Waals surface area contributed by atoms with Gasteiger partial charge in [-0.15, -0.1) is 11.3 Å². The minimum absolute atomic E-state index is 0.0983. The summed E-state index contributed by atoms with van der Waals surface area (Å²) in [4.78, 5) is 17.6. The van der Waals surface area contributed by atoms with Gasteiger partial charge < -0.3 is 14.9 Å². The Morgan fingerprint density at radius 1 is 1.32 bits per heavy atom. The molecule has 1 N–H and O–H groups in total. The molecule has 116 valence electrons. The first-order chi connectivity index (χ1) is 10.8. The number of hydrogen-bond acceptors (Lipinski definition) is 5. The number of oxime groups is 1. The van der Waals surface area contributed by atoms with Gasteiger partial charge in [-0.05, 0) is 48.2 Å². The molecule has 2 rings (SSSR count). The van der Waals surface area contributed by atoms with Gasteiger partial charge in [-0.2, -0.15) is 0 Å². The molecule has 1 aromatic carbocycles. The summed E-state index contributed by atoms with van der Waals surface area (Å²) in [5.41, 5.74) is 0.877. The Balaban J connectivity index is 1.67. The number of nitrogens with one attached hydrogen (secondary N) is 1. The summed E-state index contributed by atoms with van der Waals surface area (Å²) in [5, 5.41) is 8.51. The number of carbonyl (C=O) groups excluding carboxylic acids is 1. The molecular weight excluding hydrogens is 300 g/mol. The average Bonchev–Trinajstić information content (AvgIpc) is 3.05. The zero-order valence-corrected chi connectivity index (χ0v) is 13.1. The predicted molar refractivity (Wildman–Crippen MR) is 87.3 cm³/mol. The van der Waals surface area contributed by atoms with Crippen molar-refractivity contribution >= 4 is 23.5 Å². The van der Waals surface area contributed by atoms with Crippen molar-refractivity contribution < 1.29 is 14.4 Å². The van der Waals surface area contributed by atoms with Crippen LogP contribution in [-0.4, -0.2) is 25.3 Å². The number of hydrogen-bond donors (Lipinski definition) is 1. The second-order valence-electron chi connectivity index (χ2n) is 4.37. The summed E-state index contributed by atoms with van der Waals surface area (Å²) >= 11 is 1.60. The van der Waals surface area contributed by atoms with Gasteiger partial charge in [-0.25, -0.2) is 0 Å². The lowest BCUT2D eigenvalue weighted by atomic mass is 10.2. The monoisotopic (exact) mass is 318 g/mol. The van der Waals surface area contributed by atoms with E-state index in [4.69, 9.17) is 9.57 Å². The van der Waals surface area contributed by atoms with E-state index in [1.165, 1.54) is 0 Å². The van der Waals surface area contributed by atoms with Gasteiger partial charge in [0.2, 0.25) is 0 Å². The third-order valence-corrected chi connectivity index (χ3v) is 3.58. The number of nitrogens with zero attached hydrogens (tertiary/aromatic N) is 1.